The van der Waals surface area contributed by atoms with Crippen molar-refractivity contribution >= 4 is 33.6 Å². The number of aliphatic hydroxyl groups excluding tert-OH is 1. The highest BCUT2D eigenvalue weighted by Crippen LogP contribution is 2.46. The summed E-state index contributed by atoms with van der Waals surface area (Å²) in [5, 5.41) is 10.9. The molecule has 1 saturated heterocycles. The highest BCUT2D eigenvalue weighted by molar-refractivity contribution is 9.10. The van der Waals surface area contributed by atoms with Gasteiger partial charge in [-0.2, -0.15) is 0 Å². The number of Topliss-reactive ketones (excluding diaryl/α,β-unsaturated/α-hetero) is 1. The number of aliphatic hydroxyl groups is 1. The van der Waals surface area contributed by atoms with Gasteiger partial charge in [0.1, 0.15) is 5.76 Å². The van der Waals surface area contributed by atoms with Gasteiger partial charge in [-0.25, -0.2) is 4.79 Å². The number of fused-ring (bicyclic) bond motifs is 4. The summed E-state index contributed by atoms with van der Waals surface area (Å²) in [5.74, 6) is -0.217. The molecule has 2 aromatic carbocycles. The van der Waals surface area contributed by atoms with Crippen molar-refractivity contribution in [3.63, 3.8) is 0 Å². The van der Waals surface area contributed by atoms with Crippen LogP contribution < -0.4 is 0 Å². The second kappa shape index (κ2) is 6.85. The lowest BCUT2D eigenvalue weighted by Gasteiger charge is -2.46. The predicted molar refractivity (Wildman–Crippen MR) is 104 cm³/mol. The van der Waals surface area contributed by atoms with Gasteiger partial charge < -0.3 is 9.84 Å². The summed E-state index contributed by atoms with van der Waals surface area (Å²) < 4.78 is 5.94. The van der Waals surface area contributed by atoms with Crippen LogP contribution in [0.3, 0.4) is 0 Å². The van der Waals surface area contributed by atoms with E-state index in [2.05, 4.69) is 15.9 Å². The molecule has 2 aromatic rings. The number of benzene rings is 2. The van der Waals surface area contributed by atoms with Crippen LogP contribution in [0.5, 0.6) is 0 Å². The van der Waals surface area contributed by atoms with Crippen molar-refractivity contribution in [1.82, 2.24) is 4.90 Å². The third-order valence-electron chi connectivity index (χ3n) is 5.28. The number of hydrogen-bond acceptors (Lipinski definition) is 4. The van der Waals surface area contributed by atoms with Gasteiger partial charge in [-0.05, 0) is 23.6 Å². The quantitative estimate of drug-likeness (QED) is 0.539. The third-order valence-corrected chi connectivity index (χ3v) is 6.03. The zero-order chi connectivity index (χ0) is 19.1. The maximum atomic E-state index is 13.0. The predicted octanol–water partition coefficient (Wildman–Crippen LogP) is 4.43. The largest absolute Gasteiger partial charge is 0.507 e. The van der Waals surface area contributed by atoms with Gasteiger partial charge in [-0.15, -0.1) is 0 Å². The van der Waals surface area contributed by atoms with E-state index in [1.54, 1.807) is 29.2 Å². The van der Waals surface area contributed by atoms with E-state index in [-0.39, 0.29) is 23.5 Å². The Balaban J connectivity index is 1.91. The molecule has 2 aliphatic rings. The van der Waals surface area contributed by atoms with E-state index in [0.717, 1.165) is 15.6 Å². The van der Waals surface area contributed by atoms with Crippen molar-refractivity contribution in [3.05, 3.63) is 75.3 Å². The molecule has 1 N–H and O–H groups in total. The number of rotatable bonds is 1. The van der Waals surface area contributed by atoms with E-state index in [0.29, 0.717) is 12.0 Å². The molecule has 0 aromatic heterocycles. The second-order valence-electron chi connectivity index (χ2n) is 6.68. The van der Waals surface area contributed by atoms with E-state index < -0.39 is 18.2 Å². The molecule has 0 spiro atoms. The number of amides is 1. The van der Waals surface area contributed by atoms with Crippen LogP contribution in [0, 0.1) is 0 Å². The summed E-state index contributed by atoms with van der Waals surface area (Å²) >= 11 is 3.58. The van der Waals surface area contributed by atoms with Gasteiger partial charge >= 0.3 is 6.09 Å². The minimum Gasteiger partial charge on any atom is -0.507 e. The van der Waals surface area contributed by atoms with Crippen molar-refractivity contribution in [2.24, 2.45) is 0 Å². The van der Waals surface area contributed by atoms with Gasteiger partial charge in [0, 0.05) is 16.5 Å². The number of carbonyl (C=O) groups is 2. The normalized spacial score (nSPS) is 22.9. The average Bonchev–Trinajstić information content (AvgIpc) is 2.68. The maximum absolute atomic E-state index is 13.0. The lowest BCUT2D eigenvalue weighted by Crippen LogP contribution is -2.53. The minimum atomic E-state index is -0.574. The molecule has 138 valence electrons. The molecule has 5 nitrogen and oxygen atoms in total. The Bertz CT molecular complexity index is 954. The number of ether oxygens (including phenoxy) is 1. The smallest absolute Gasteiger partial charge is 0.410 e. The maximum Gasteiger partial charge on any atom is 0.410 e. The second-order valence-corrected chi connectivity index (χ2v) is 7.53. The Labute approximate surface area is 165 Å². The number of nitrogens with zero attached hydrogens (tertiary/aromatic N) is 1. The van der Waals surface area contributed by atoms with Crippen LogP contribution in [0.1, 0.15) is 29.2 Å². The Kier molecular flexibility index (Phi) is 4.52. The number of ketones is 1. The fourth-order valence-corrected chi connectivity index (χ4v) is 4.63. The van der Waals surface area contributed by atoms with Crippen LogP contribution in [0.2, 0.25) is 0 Å². The zero-order valence-electron chi connectivity index (χ0n) is 14.7. The number of carbonyl (C=O) groups excluding carboxylic acids is 2. The Hall–Kier alpha value is -2.60. The molecule has 0 aliphatic carbocycles. The Morgan fingerprint density at radius 2 is 1.85 bits per heavy atom. The molecule has 0 radical (unpaired) electrons. The van der Waals surface area contributed by atoms with Crippen LogP contribution in [0.4, 0.5) is 4.79 Å². The van der Waals surface area contributed by atoms with Gasteiger partial charge in [0.2, 0.25) is 0 Å². The van der Waals surface area contributed by atoms with Crippen molar-refractivity contribution in [2.75, 3.05) is 7.11 Å². The van der Waals surface area contributed by atoms with Gasteiger partial charge in [0.25, 0.3) is 0 Å². The minimum absolute atomic E-state index is 0.0755. The summed E-state index contributed by atoms with van der Waals surface area (Å²) in [6.07, 6.45) is 0.0446. The summed E-state index contributed by atoms with van der Waals surface area (Å²) in [7, 11) is 1.33. The van der Waals surface area contributed by atoms with Gasteiger partial charge in [0.15, 0.2) is 5.78 Å². The summed E-state index contributed by atoms with van der Waals surface area (Å²) in [6, 6.07) is 13.7. The molecule has 2 heterocycles. The first-order valence-electron chi connectivity index (χ1n) is 8.68. The van der Waals surface area contributed by atoms with Crippen LogP contribution in [-0.4, -0.2) is 35.0 Å². The topological polar surface area (TPSA) is 66.8 Å². The van der Waals surface area contributed by atoms with E-state index in [1.807, 2.05) is 24.3 Å². The SMILES string of the molecule is COC(=O)N1[C@@H]2Cc3c(Br)cccc3[C@H]1CC(=O)/C2=C(/O)c1ccccc1. The first-order chi connectivity index (χ1) is 13.0. The molecular weight excluding hydrogens is 410 g/mol. The van der Waals surface area contributed by atoms with Crippen LogP contribution in [0.25, 0.3) is 5.76 Å². The van der Waals surface area contributed by atoms with Crippen LogP contribution in [0.15, 0.2) is 58.6 Å². The van der Waals surface area contributed by atoms with Gasteiger partial charge in [-0.3, -0.25) is 9.69 Å². The van der Waals surface area contributed by atoms with Gasteiger partial charge in [-0.1, -0.05) is 58.4 Å². The summed E-state index contributed by atoms with van der Waals surface area (Å²) in [4.78, 5) is 27.1. The van der Waals surface area contributed by atoms with E-state index in [9.17, 15) is 14.7 Å². The highest BCUT2D eigenvalue weighted by atomic mass is 79.9. The highest BCUT2D eigenvalue weighted by Gasteiger charge is 2.48. The Morgan fingerprint density at radius 3 is 2.56 bits per heavy atom. The molecule has 2 atom stereocenters. The molecule has 6 heteroatoms. The van der Waals surface area contributed by atoms with Crippen molar-refractivity contribution in [3.8, 4) is 0 Å². The fraction of sp³-hybridized carbons (Fsp3) is 0.238. The first kappa shape index (κ1) is 17.8. The lowest BCUT2D eigenvalue weighted by molar-refractivity contribution is -0.119. The summed E-state index contributed by atoms with van der Waals surface area (Å²) in [6.45, 7) is 0. The molecular formula is C21H18BrNO4. The van der Waals surface area contributed by atoms with Gasteiger partial charge in [0.05, 0.1) is 24.8 Å². The Morgan fingerprint density at radius 1 is 1.11 bits per heavy atom. The summed E-state index contributed by atoms with van der Waals surface area (Å²) in [5.41, 5.74) is 2.82. The fourth-order valence-electron chi connectivity index (χ4n) is 4.08. The molecule has 4 rings (SSSR count). The molecule has 0 unspecified atom stereocenters. The molecule has 2 bridgehead atoms. The molecule has 1 amide bonds. The van der Waals surface area contributed by atoms with Crippen LogP contribution in [-0.2, 0) is 16.0 Å². The number of halogens is 1. The monoisotopic (exact) mass is 427 g/mol. The molecule has 0 saturated carbocycles. The first-order valence-corrected chi connectivity index (χ1v) is 9.47. The molecule has 27 heavy (non-hydrogen) atoms. The van der Waals surface area contributed by atoms with Crippen LogP contribution >= 0.6 is 15.9 Å². The standard InChI is InChI=1S/C21H18BrNO4/c1-27-21(26)23-16-11-18(24)19(20(25)12-6-3-2-4-7-12)17(23)10-14-13(16)8-5-9-15(14)22/h2-9,16-17,25H,10-11H2,1H3/b20-19+/t16-,17-/m1/s1. The lowest BCUT2D eigenvalue weighted by atomic mass is 9.76. The van der Waals surface area contributed by atoms with E-state index >= 15 is 0 Å². The van der Waals surface area contributed by atoms with E-state index in [1.165, 1.54) is 7.11 Å². The average molecular weight is 428 g/mol. The van der Waals surface area contributed by atoms with Crippen molar-refractivity contribution in [2.45, 2.75) is 24.9 Å². The third kappa shape index (κ3) is 2.84. The number of methoxy groups -OCH3 is 1. The van der Waals surface area contributed by atoms with Crippen molar-refractivity contribution in [1.29, 1.82) is 0 Å². The van der Waals surface area contributed by atoms with E-state index in [4.69, 9.17) is 4.74 Å². The zero-order valence-corrected chi connectivity index (χ0v) is 16.3. The number of hydrogen-bond donors (Lipinski definition) is 1. The molecule has 1 fully saturated rings. The molecule has 2 aliphatic heterocycles. The number of piperidine rings is 1. The van der Waals surface area contributed by atoms with Crippen molar-refractivity contribution < 1.29 is 19.4 Å².